The highest BCUT2D eigenvalue weighted by Gasteiger charge is 2.32. The fraction of sp³-hybridized carbons (Fsp3) is 1.00. The zero-order chi connectivity index (χ0) is 10.1. The lowest BCUT2D eigenvalue weighted by Crippen LogP contribution is -2.55. The molecule has 3 heteroatoms. The van der Waals surface area contributed by atoms with Gasteiger partial charge in [0, 0.05) is 37.8 Å². The van der Waals surface area contributed by atoms with Crippen LogP contribution in [0.4, 0.5) is 0 Å². The van der Waals surface area contributed by atoms with E-state index in [2.05, 4.69) is 36.0 Å². The van der Waals surface area contributed by atoms with Gasteiger partial charge >= 0.3 is 0 Å². The van der Waals surface area contributed by atoms with Gasteiger partial charge in [0.1, 0.15) is 0 Å². The fourth-order valence-corrected chi connectivity index (χ4v) is 2.72. The van der Waals surface area contributed by atoms with Crippen LogP contribution in [0.1, 0.15) is 20.3 Å². The van der Waals surface area contributed by atoms with Crippen LogP contribution in [0.5, 0.6) is 0 Å². The first-order chi connectivity index (χ1) is 6.68. The standard InChI is InChI=1S/C11H23N3/c1-9-8-14(7-6-13(9)3)11-4-5-12-10(11)2/h9-12H,4-8H2,1-3H3/t9-,10-,11-/m0/s1. The zero-order valence-electron chi connectivity index (χ0n) is 9.66. The van der Waals surface area contributed by atoms with Crippen molar-refractivity contribution in [2.75, 3.05) is 33.2 Å². The van der Waals surface area contributed by atoms with E-state index in [1.165, 1.54) is 32.6 Å². The Morgan fingerprint density at radius 1 is 1.21 bits per heavy atom. The van der Waals surface area contributed by atoms with E-state index in [-0.39, 0.29) is 0 Å². The summed E-state index contributed by atoms with van der Waals surface area (Å²) >= 11 is 0. The first-order valence-corrected chi connectivity index (χ1v) is 5.86. The Kier molecular flexibility index (Phi) is 3.10. The molecule has 82 valence electrons. The van der Waals surface area contributed by atoms with Crippen LogP contribution in [0.25, 0.3) is 0 Å². The van der Waals surface area contributed by atoms with Gasteiger partial charge in [-0.25, -0.2) is 0 Å². The van der Waals surface area contributed by atoms with E-state index < -0.39 is 0 Å². The summed E-state index contributed by atoms with van der Waals surface area (Å²) in [5.74, 6) is 0. The molecule has 1 N–H and O–H groups in total. The minimum atomic E-state index is 0.686. The smallest absolute Gasteiger partial charge is 0.0259 e. The largest absolute Gasteiger partial charge is 0.313 e. The monoisotopic (exact) mass is 197 g/mol. The Bertz CT molecular complexity index is 195. The van der Waals surface area contributed by atoms with Crippen LogP contribution in [0.2, 0.25) is 0 Å². The van der Waals surface area contributed by atoms with E-state index in [0.29, 0.717) is 6.04 Å². The molecule has 0 aromatic carbocycles. The van der Waals surface area contributed by atoms with E-state index in [9.17, 15) is 0 Å². The van der Waals surface area contributed by atoms with Crippen LogP contribution in [0.15, 0.2) is 0 Å². The molecule has 2 aliphatic rings. The maximum Gasteiger partial charge on any atom is 0.0259 e. The molecule has 2 saturated heterocycles. The highest BCUT2D eigenvalue weighted by Crippen LogP contribution is 2.18. The highest BCUT2D eigenvalue weighted by atomic mass is 15.3. The number of hydrogen-bond donors (Lipinski definition) is 1. The molecule has 2 fully saturated rings. The van der Waals surface area contributed by atoms with Crippen molar-refractivity contribution in [1.29, 1.82) is 0 Å². The average molecular weight is 197 g/mol. The molecular formula is C11H23N3. The lowest BCUT2D eigenvalue weighted by molar-refractivity contribution is 0.0690. The van der Waals surface area contributed by atoms with Gasteiger partial charge in [0.05, 0.1) is 0 Å². The van der Waals surface area contributed by atoms with Gasteiger partial charge in [0.25, 0.3) is 0 Å². The summed E-state index contributed by atoms with van der Waals surface area (Å²) in [4.78, 5) is 5.14. The molecule has 0 bridgehead atoms. The number of nitrogens with one attached hydrogen (secondary N) is 1. The van der Waals surface area contributed by atoms with Gasteiger partial charge in [0.15, 0.2) is 0 Å². The Balaban J connectivity index is 1.92. The molecule has 3 nitrogen and oxygen atoms in total. The lowest BCUT2D eigenvalue weighted by atomic mass is 10.1. The minimum absolute atomic E-state index is 0.686. The quantitative estimate of drug-likeness (QED) is 0.655. The van der Waals surface area contributed by atoms with E-state index in [0.717, 1.165) is 12.1 Å². The molecule has 2 rings (SSSR count). The maximum absolute atomic E-state index is 3.54. The summed E-state index contributed by atoms with van der Waals surface area (Å²) in [6, 6.07) is 2.19. The van der Waals surface area contributed by atoms with Crippen molar-refractivity contribution in [3.05, 3.63) is 0 Å². The molecule has 0 aromatic heterocycles. The summed E-state index contributed by atoms with van der Waals surface area (Å²) in [6.45, 7) is 9.57. The SMILES string of the molecule is C[C@@H]1NCC[C@@H]1N1CCN(C)[C@@H](C)C1. The summed E-state index contributed by atoms with van der Waals surface area (Å²) < 4.78 is 0. The normalized spacial score (nSPS) is 41.8. The van der Waals surface area contributed by atoms with Crippen LogP contribution in [0, 0.1) is 0 Å². The number of hydrogen-bond acceptors (Lipinski definition) is 3. The number of piperazine rings is 1. The Morgan fingerprint density at radius 2 is 2.00 bits per heavy atom. The van der Waals surface area contributed by atoms with Gasteiger partial charge in [-0.1, -0.05) is 0 Å². The van der Waals surface area contributed by atoms with Crippen LogP contribution in [-0.4, -0.2) is 61.2 Å². The van der Waals surface area contributed by atoms with Crippen LogP contribution in [-0.2, 0) is 0 Å². The molecule has 3 atom stereocenters. The predicted molar refractivity (Wildman–Crippen MR) is 59.5 cm³/mol. The van der Waals surface area contributed by atoms with Crippen molar-refractivity contribution in [3.63, 3.8) is 0 Å². The van der Waals surface area contributed by atoms with Gasteiger partial charge in [0.2, 0.25) is 0 Å². The summed E-state index contributed by atoms with van der Waals surface area (Å²) in [7, 11) is 2.23. The number of rotatable bonds is 1. The minimum Gasteiger partial charge on any atom is -0.313 e. The molecule has 0 aromatic rings. The lowest BCUT2D eigenvalue weighted by Gasteiger charge is -2.41. The van der Waals surface area contributed by atoms with Gasteiger partial charge < -0.3 is 10.2 Å². The van der Waals surface area contributed by atoms with Crippen molar-refractivity contribution in [2.24, 2.45) is 0 Å². The van der Waals surface area contributed by atoms with Gasteiger partial charge in [-0.3, -0.25) is 4.90 Å². The summed E-state index contributed by atoms with van der Waals surface area (Å²) in [5.41, 5.74) is 0. The summed E-state index contributed by atoms with van der Waals surface area (Å²) in [6.07, 6.45) is 1.33. The first-order valence-electron chi connectivity index (χ1n) is 5.86. The van der Waals surface area contributed by atoms with E-state index in [1.807, 2.05) is 0 Å². The molecule has 2 heterocycles. The molecule has 2 aliphatic heterocycles. The zero-order valence-corrected chi connectivity index (χ0v) is 9.66. The Labute approximate surface area is 87.4 Å². The topological polar surface area (TPSA) is 18.5 Å². The van der Waals surface area contributed by atoms with Crippen molar-refractivity contribution < 1.29 is 0 Å². The van der Waals surface area contributed by atoms with Crippen LogP contribution >= 0.6 is 0 Å². The molecule has 14 heavy (non-hydrogen) atoms. The molecular weight excluding hydrogens is 174 g/mol. The third kappa shape index (κ3) is 1.95. The summed E-state index contributed by atoms with van der Waals surface area (Å²) in [5, 5.41) is 3.54. The van der Waals surface area contributed by atoms with Crippen LogP contribution < -0.4 is 5.32 Å². The highest BCUT2D eigenvalue weighted by molar-refractivity contribution is 4.91. The molecule has 0 saturated carbocycles. The van der Waals surface area contributed by atoms with Crippen LogP contribution in [0.3, 0.4) is 0 Å². The van der Waals surface area contributed by atoms with Gasteiger partial charge in [-0.2, -0.15) is 0 Å². The average Bonchev–Trinajstić information content (AvgIpc) is 2.57. The van der Waals surface area contributed by atoms with Crippen molar-refractivity contribution >= 4 is 0 Å². The van der Waals surface area contributed by atoms with Crippen molar-refractivity contribution in [2.45, 2.75) is 38.4 Å². The third-order valence-electron chi connectivity index (χ3n) is 3.94. The third-order valence-corrected chi connectivity index (χ3v) is 3.94. The second kappa shape index (κ2) is 4.17. The predicted octanol–water partition coefficient (Wildman–Crippen LogP) is 0.373. The molecule has 0 radical (unpaired) electrons. The molecule has 0 amide bonds. The van der Waals surface area contributed by atoms with E-state index >= 15 is 0 Å². The Hall–Kier alpha value is -0.120. The molecule has 0 spiro atoms. The first kappa shape index (κ1) is 10.4. The maximum atomic E-state index is 3.54. The fourth-order valence-electron chi connectivity index (χ4n) is 2.72. The molecule has 0 unspecified atom stereocenters. The van der Waals surface area contributed by atoms with Crippen molar-refractivity contribution in [1.82, 2.24) is 15.1 Å². The second-order valence-corrected chi connectivity index (χ2v) is 4.92. The van der Waals surface area contributed by atoms with Gasteiger partial charge in [-0.15, -0.1) is 0 Å². The van der Waals surface area contributed by atoms with Crippen molar-refractivity contribution in [3.8, 4) is 0 Å². The second-order valence-electron chi connectivity index (χ2n) is 4.92. The number of nitrogens with zero attached hydrogens (tertiary/aromatic N) is 2. The van der Waals surface area contributed by atoms with E-state index in [1.54, 1.807) is 0 Å². The Morgan fingerprint density at radius 3 is 2.57 bits per heavy atom. The molecule has 0 aliphatic carbocycles. The number of likely N-dealkylation sites (N-methyl/N-ethyl adjacent to an activating group) is 1. The van der Waals surface area contributed by atoms with E-state index in [4.69, 9.17) is 0 Å². The van der Waals surface area contributed by atoms with Gasteiger partial charge in [-0.05, 0) is 33.9 Å².